The van der Waals surface area contributed by atoms with Gasteiger partial charge in [0.25, 0.3) is 5.91 Å². The van der Waals surface area contributed by atoms with Crippen LogP contribution >= 0.6 is 0 Å². The number of ketones is 2. The van der Waals surface area contributed by atoms with Crippen LogP contribution in [0.4, 0.5) is 0 Å². The van der Waals surface area contributed by atoms with Crippen LogP contribution in [0, 0.1) is 17.3 Å². The Balaban J connectivity index is 1.48. The maximum Gasteiger partial charge on any atom is 0.255 e. The van der Waals surface area contributed by atoms with Crippen LogP contribution in [0.5, 0.6) is 5.75 Å². The minimum Gasteiger partial charge on any atom is -0.508 e. The van der Waals surface area contributed by atoms with E-state index in [0.29, 0.717) is 11.1 Å². The Labute approximate surface area is 242 Å². The number of nitrogens with one attached hydrogen (secondary N) is 1. The standard InChI is InChI=1S/C31H35N3O8/c1-12(2)18-11-42-29(34-18)15-5-6-19(35)21-16(15)7-13-8-17-23(33-14-9-30(3,4)10-14)25(37)22(28(32)40)27(39)31(17,41)26(38)20(13)24(21)36/h5-6,11-14,17,23,33,35-36,39,41H,7-10H2,1-4H3,(H2,32,40)/t13-,17-,23+,31-/m0/s1. The first kappa shape index (κ1) is 28.2. The van der Waals surface area contributed by atoms with Crippen LogP contribution < -0.4 is 11.1 Å². The number of primary amides is 1. The number of hydrogen-bond donors (Lipinski definition) is 6. The SMILES string of the molecule is CC(C)c1coc(-c2ccc(O)c3c2C[C@H]2C[C@H]4[C@@H](NC5CC(C)(C)C5)C(=O)C(C(N)=O)=C(O)[C@@]4(O)C(=O)C2=C3O)n1. The van der Waals surface area contributed by atoms with E-state index in [1.807, 2.05) is 13.8 Å². The number of nitrogens with zero attached hydrogens (tertiary/aromatic N) is 1. The van der Waals surface area contributed by atoms with Gasteiger partial charge in [-0.3, -0.25) is 14.4 Å². The monoisotopic (exact) mass is 577 g/mol. The molecule has 2 fully saturated rings. The molecule has 2 aromatic rings. The molecule has 0 radical (unpaired) electrons. The third kappa shape index (κ3) is 3.94. The van der Waals surface area contributed by atoms with Crippen LogP contribution in [0.2, 0.25) is 0 Å². The number of amides is 1. The molecule has 4 atom stereocenters. The van der Waals surface area contributed by atoms with E-state index >= 15 is 0 Å². The molecule has 1 aromatic carbocycles. The van der Waals surface area contributed by atoms with Gasteiger partial charge in [-0.1, -0.05) is 27.7 Å². The number of aliphatic hydroxyl groups is 3. The summed E-state index contributed by atoms with van der Waals surface area (Å²) in [4.78, 5) is 44.6. The van der Waals surface area contributed by atoms with Gasteiger partial charge in [-0.05, 0) is 60.6 Å². The van der Waals surface area contributed by atoms with Crippen LogP contribution in [-0.2, 0) is 20.8 Å². The molecular weight excluding hydrogens is 542 g/mol. The van der Waals surface area contributed by atoms with Crippen molar-refractivity contribution in [3.8, 4) is 17.2 Å². The first-order chi connectivity index (χ1) is 19.7. The minimum atomic E-state index is -2.69. The van der Waals surface area contributed by atoms with Gasteiger partial charge in [0.2, 0.25) is 11.7 Å². The van der Waals surface area contributed by atoms with Crippen molar-refractivity contribution in [3.63, 3.8) is 0 Å². The maximum atomic E-state index is 14.1. The van der Waals surface area contributed by atoms with Gasteiger partial charge in [0.1, 0.15) is 29.1 Å². The number of phenols is 1. The lowest BCUT2D eigenvalue weighted by atomic mass is 9.57. The summed E-state index contributed by atoms with van der Waals surface area (Å²) in [5.74, 6) is -6.48. The summed E-state index contributed by atoms with van der Waals surface area (Å²) >= 11 is 0. The Morgan fingerprint density at radius 2 is 1.86 bits per heavy atom. The summed E-state index contributed by atoms with van der Waals surface area (Å²) in [6, 6.07) is 1.71. The van der Waals surface area contributed by atoms with Crippen LogP contribution in [0.1, 0.15) is 69.7 Å². The Morgan fingerprint density at radius 3 is 2.45 bits per heavy atom. The zero-order valence-corrected chi connectivity index (χ0v) is 23.9. The highest BCUT2D eigenvalue weighted by molar-refractivity contribution is 6.24. The Morgan fingerprint density at radius 1 is 1.17 bits per heavy atom. The summed E-state index contributed by atoms with van der Waals surface area (Å²) in [6.45, 7) is 8.10. The molecule has 1 aromatic heterocycles. The number of aromatic nitrogens is 1. The molecule has 11 nitrogen and oxygen atoms in total. The Kier molecular flexibility index (Phi) is 6.22. The number of nitrogens with two attached hydrogens (primary N) is 1. The second-order valence-corrected chi connectivity index (χ2v) is 13.2. The number of carbonyl (C=O) groups is 3. The van der Waals surface area contributed by atoms with E-state index in [4.69, 9.17) is 10.2 Å². The zero-order chi connectivity index (χ0) is 30.5. The number of oxazole rings is 1. The van der Waals surface area contributed by atoms with Crippen molar-refractivity contribution in [1.29, 1.82) is 0 Å². The van der Waals surface area contributed by atoms with Gasteiger partial charge in [-0.25, -0.2) is 4.98 Å². The highest BCUT2D eigenvalue weighted by atomic mass is 16.4. The molecule has 222 valence electrons. The van der Waals surface area contributed by atoms with Gasteiger partial charge in [0, 0.05) is 23.1 Å². The van der Waals surface area contributed by atoms with E-state index in [-0.39, 0.29) is 53.0 Å². The smallest absolute Gasteiger partial charge is 0.255 e. The number of aromatic hydroxyl groups is 1. The number of carbonyl (C=O) groups excluding carboxylic acids is 3. The summed E-state index contributed by atoms with van der Waals surface area (Å²) in [5, 5.41) is 48.5. The topological polar surface area (TPSA) is 196 Å². The molecule has 1 heterocycles. The number of hydrogen-bond acceptors (Lipinski definition) is 10. The van der Waals surface area contributed by atoms with E-state index in [1.165, 1.54) is 6.07 Å². The fourth-order valence-corrected chi connectivity index (χ4v) is 7.39. The van der Waals surface area contributed by atoms with Gasteiger partial charge in [-0.2, -0.15) is 0 Å². The average molecular weight is 578 g/mol. The van der Waals surface area contributed by atoms with Crippen molar-refractivity contribution in [2.45, 2.75) is 77.0 Å². The van der Waals surface area contributed by atoms with Crippen molar-refractivity contribution in [3.05, 3.63) is 52.1 Å². The lowest BCUT2D eigenvalue weighted by Crippen LogP contribution is -2.68. The predicted molar refractivity (Wildman–Crippen MR) is 150 cm³/mol. The van der Waals surface area contributed by atoms with Crippen molar-refractivity contribution in [1.82, 2.24) is 10.3 Å². The zero-order valence-electron chi connectivity index (χ0n) is 23.9. The first-order valence-electron chi connectivity index (χ1n) is 14.2. The highest BCUT2D eigenvalue weighted by Gasteiger charge is 2.64. The van der Waals surface area contributed by atoms with Gasteiger partial charge in [-0.15, -0.1) is 0 Å². The quantitative estimate of drug-likeness (QED) is 0.287. The second-order valence-electron chi connectivity index (χ2n) is 13.2. The molecule has 0 saturated heterocycles. The molecule has 4 aliphatic rings. The van der Waals surface area contributed by atoms with Crippen molar-refractivity contribution < 1.29 is 39.2 Å². The van der Waals surface area contributed by atoms with E-state index < -0.39 is 58.0 Å². The van der Waals surface area contributed by atoms with Crippen LogP contribution in [0.3, 0.4) is 0 Å². The predicted octanol–water partition coefficient (Wildman–Crippen LogP) is 2.96. The highest BCUT2D eigenvalue weighted by Crippen LogP contribution is 2.53. The molecule has 11 heteroatoms. The van der Waals surface area contributed by atoms with E-state index in [0.717, 1.165) is 18.5 Å². The largest absolute Gasteiger partial charge is 0.508 e. The lowest BCUT2D eigenvalue weighted by Gasteiger charge is -2.51. The van der Waals surface area contributed by atoms with Crippen LogP contribution in [-0.4, -0.2) is 60.6 Å². The van der Waals surface area contributed by atoms with Crippen LogP contribution in [0.15, 0.2) is 39.7 Å². The lowest BCUT2D eigenvalue weighted by molar-refractivity contribution is -0.151. The summed E-state index contributed by atoms with van der Waals surface area (Å²) in [7, 11) is 0. The molecule has 0 unspecified atom stereocenters. The van der Waals surface area contributed by atoms with E-state index in [1.54, 1.807) is 12.3 Å². The Bertz CT molecular complexity index is 1610. The fraction of sp³-hybridized carbons (Fsp3) is 0.484. The van der Waals surface area contributed by atoms with E-state index in [9.17, 15) is 34.8 Å². The summed E-state index contributed by atoms with van der Waals surface area (Å²) in [6.07, 6.45) is 3.18. The number of phenolic OH excluding ortho intramolecular Hbond substituents is 1. The van der Waals surface area contributed by atoms with Gasteiger partial charge in [0.05, 0.1) is 17.3 Å². The number of benzene rings is 1. The minimum absolute atomic E-state index is 0.00435. The molecule has 0 spiro atoms. The average Bonchev–Trinajstić information content (AvgIpc) is 3.38. The normalized spacial score (nSPS) is 28.9. The molecule has 7 N–H and O–H groups in total. The third-order valence-corrected chi connectivity index (χ3v) is 9.44. The Hall–Kier alpha value is -3.96. The first-order valence-corrected chi connectivity index (χ1v) is 14.2. The number of fused-ring (bicyclic) bond motifs is 3. The molecule has 1 amide bonds. The van der Waals surface area contributed by atoms with E-state index in [2.05, 4.69) is 24.1 Å². The fourth-order valence-electron chi connectivity index (χ4n) is 7.39. The maximum absolute atomic E-state index is 14.1. The molecule has 42 heavy (non-hydrogen) atoms. The number of aliphatic hydroxyl groups excluding tert-OH is 2. The van der Waals surface area contributed by atoms with Crippen molar-refractivity contribution in [2.75, 3.05) is 0 Å². The van der Waals surface area contributed by atoms with Gasteiger partial charge >= 0.3 is 0 Å². The van der Waals surface area contributed by atoms with Crippen LogP contribution in [0.25, 0.3) is 17.2 Å². The van der Waals surface area contributed by atoms with Crippen molar-refractivity contribution in [2.24, 2.45) is 23.0 Å². The number of rotatable bonds is 5. The molecule has 0 aliphatic heterocycles. The molecule has 6 rings (SSSR count). The van der Waals surface area contributed by atoms with Gasteiger partial charge in [0.15, 0.2) is 11.4 Å². The molecule has 2 saturated carbocycles. The molecule has 4 aliphatic carbocycles. The third-order valence-electron chi connectivity index (χ3n) is 9.44. The molecule has 0 bridgehead atoms. The summed E-state index contributed by atoms with van der Waals surface area (Å²) in [5.41, 5.74) is 3.53. The molecular formula is C31H35N3O8. The van der Waals surface area contributed by atoms with Gasteiger partial charge < -0.3 is 35.9 Å². The van der Waals surface area contributed by atoms with Crippen molar-refractivity contribution >= 4 is 23.2 Å². The summed E-state index contributed by atoms with van der Waals surface area (Å²) < 4.78 is 5.74. The number of Topliss-reactive ketones (excluding diaryl/α,β-unsaturated/α-hetero) is 2. The second kappa shape index (κ2) is 9.27.